The molecule has 0 radical (unpaired) electrons. The van der Waals surface area contributed by atoms with Crippen molar-refractivity contribution < 1.29 is 13.2 Å². The quantitative estimate of drug-likeness (QED) is 0.575. The van der Waals surface area contributed by atoms with Gasteiger partial charge in [-0.25, -0.2) is 8.42 Å². The van der Waals surface area contributed by atoms with Crippen LogP contribution in [0.4, 0.5) is 0 Å². The third-order valence-corrected chi connectivity index (χ3v) is 5.16. The fraction of sp³-hybridized carbons (Fsp3) is 0.0625. The normalized spacial score (nSPS) is 12.0. The minimum Gasteiger partial charge on any atom is -0.364 e. The highest BCUT2D eigenvalue weighted by Crippen LogP contribution is 2.29. The Morgan fingerprint density at radius 1 is 1.12 bits per heavy atom. The SMILES string of the molecule is CS(=O)(=O)c1ccc(-n2[nH]c(C(N)=O)c3ccc4nncc4c32)cc1. The topological polar surface area (TPSA) is 124 Å². The number of carbonyl (C=O) groups is 1. The van der Waals surface area contributed by atoms with E-state index in [9.17, 15) is 13.2 Å². The third-order valence-electron chi connectivity index (χ3n) is 4.03. The number of nitrogens with zero attached hydrogens (tertiary/aromatic N) is 3. The number of aromatic nitrogens is 4. The number of aromatic amines is 1. The number of hydrogen-bond acceptors (Lipinski definition) is 5. The van der Waals surface area contributed by atoms with E-state index in [2.05, 4.69) is 15.3 Å². The van der Waals surface area contributed by atoms with Crippen molar-refractivity contribution in [3.05, 3.63) is 48.3 Å². The highest BCUT2D eigenvalue weighted by molar-refractivity contribution is 7.90. The van der Waals surface area contributed by atoms with Crippen LogP contribution in [0.5, 0.6) is 0 Å². The first-order valence-corrected chi connectivity index (χ1v) is 9.20. The molecule has 2 aromatic carbocycles. The van der Waals surface area contributed by atoms with Crippen molar-refractivity contribution >= 4 is 37.6 Å². The number of hydrogen-bond donors (Lipinski definition) is 2. The van der Waals surface area contributed by atoms with E-state index >= 15 is 0 Å². The number of amides is 1. The monoisotopic (exact) mass is 355 g/mol. The van der Waals surface area contributed by atoms with Crippen molar-refractivity contribution in [2.75, 3.05) is 6.26 Å². The van der Waals surface area contributed by atoms with E-state index in [4.69, 9.17) is 5.73 Å². The molecule has 0 fully saturated rings. The van der Waals surface area contributed by atoms with Crippen molar-refractivity contribution in [2.24, 2.45) is 5.73 Å². The third kappa shape index (κ3) is 2.36. The second-order valence-electron chi connectivity index (χ2n) is 5.69. The van der Waals surface area contributed by atoms with Crippen LogP contribution in [0.25, 0.3) is 27.5 Å². The van der Waals surface area contributed by atoms with Gasteiger partial charge in [-0.1, -0.05) is 0 Å². The van der Waals surface area contributed by atoms with E-state index in [0.717, 1.165) is 11.6 Å². The summed E-state index contributed by atoms with van der Waals surface area (Å²) in [4.78, 5) is 12.0. The molecule has 0 saturated carbocycles. The van der Waals surface area contributed by atoms with Gasteiger partial charge in [-0.3, -0.25) is 14.6 Å². The highest BCUT2D eigenvalue weighted by Gasteiger charge is 2.18. The largest absolute Gasteiger partial charge is 0.364 e. The molecule has 25 heavy (non-hydrogen) atoms. The Morgan fingerprint density at radius 2 is 1.84 bits per heavy atom. The summed E-state index contributed by atoms with van der Waals surface area (Å²) < 4.78 is 24.9. The van der Waals surface area contributed by atoms with Crippen LogP contribution in [0.1, 0.15) is 10.5 Å². The predicted molar refractivity (Wildman–Crippen MR) is 92.3 cm³/mol. The average molecular weight is 355 g/mol. The van der Waals surface area contributed by atoms with E-state index < -0.39 is 15.7 Å². The summed E-state index contributed by atoms with van der Waals surface area (Å²) in [5.74, 6) is -0.594. The maximum absolute atomic E-state index is 11.8. The van der Waals surface area contributed by atoms with Gasteiger partial charge in [0.05, 0.1) is 27.8 Å². The predicted octanol–water partition coefficient (Wildman–Crippen LogP) is 1.40. The lowest BCUT2D eigenvalue weighted by Crippen LogP contribution is -2.12. The van der Waals surface area contributed by atoms with Crippen molar-refractivity contribution in [3.63, 3.8) is 0 Å². The number of nitrogens with two attached hydrogens (primary N) is 1. The molecule has 0 aliphatic carbocycles. The molecular weight excluding hydrogens is 342 g/mol. The van der Waals surface area contributed by atoms with Gasteiger partial charge in [0.25, 0.3) is 5.91 Å². The fourth-order valence-corrected chi connectivity index (χ4v) is 3.49. The zero-order chi connectivity index (χ0) is 17.8. The Bertz CT molecular complexity index is 1240. The standard InChI is InChI=1S/C16H13N5O3S/c1-25(23,24)10-4-2-9(3-5-10)21-15-11(14(20-21)16(17)22)6-7-13-12(15)8-18-19-13/h2-8,20H,1H3,(H2,17,22). The molecule has 0 spiro atoms. The lowest BCUT2D eigenvalue weighted by atomic mass is 10.1. The van der Waals surface area contributed by atoms with E-state index in [1.165, 1.54) is 12.1 Å². The zero-order valence-electron chi connectivity index (χ0n) is 13.1. The van der Waals surface area contributed by atoms with Crippen LogP contribution in [0.2, 0.25) is 0 Å². The number of fused-ring (bicyclic) bond motifs is 3. The molecule has 9 heteroatoms. The summed E-state index contributed by atoms with van der Waals surface area (Å²) in [5, 5.41) is 12.3. The number of benzene rings is 2. The molecule has 4 rings (SSSR count). The molecule has 0 saturated heterocycles. The number of H-pyrrole nitrogens is 1. The molecule has 1 amide bonds. The molecule has 0 bridgehead atoms. The molecule has 3 N–H and O–H groups in total. The lowest BCUT2D eigenvalue weighted by molar-refractivity contribution is 0.0996. The number of carbonyl (C=O) groups excluding carboxylic acids is 1. The van der Waals surface area contributed by atoms with Crippen molar-refractivity contribution in [1.82, 2.24) is 20.0 Å². The molecule has 4 aromatic rings. The molecule has 0 unspecified atom stereocenters. The Kier molecular flexibility index (Phi) is 3.16. The first-order valence-electron chi connectivity index (χ1n) is 7.31. The second kappa shape index (κ2) is 5.15. The number of sulfone groups is 1. The molecule has 2 heterocycles. The smallest absolute Gasteiger partial charge is 0.267 e. The van der Waals surface area contributed by atoms with Crippen molar-refractivity contribution in [2.45, 2.75) is 4.90 Å². The van der Waals surface area contributed by atoms with Crippen LogP contribution in [0, 0.1) is 0 Å². The Morgan fingerprint density at radius 3 is 2.48 bits per heavy atom. The maximum atomic E-state index is 11.8. The molecule has 0 aliphatic rings. The molecule has 126 valence electrons. The molecule has 0 atom stereocenters. The molecule has 2 aromatic heterocycles. The van der Waals surface area contributed by atoms with E-state index in [1.807, 2.05) is 0 Å². The van der Waals surface area contributed by atoms with Gasteiger partial charge in [0.2, 0.25) is 0 Å². The summed E-state index contributed by atoms with van der Waals surface area (Å²) in [5.41, 5.74) is 7.77. The number of nitrogens with one attached hydrogen (secondary N) is 1. The highest BCUT2D eigenvalue weighted by atomic mass is 32.2. The van der Waals surface area contributed by atoms with E-state index in [1.54, 1.807) is 35.1 Å². The zero-order valence-corrected chi connectivity index (χ0v) is 13.9. The second-order valence-corrected chi connectivity index (χ2v) is 7.71. The maximum Gasteiger partial charge on any atom is 0.267 e. The van der Waals surface area contributed by atoms with Gasteiger partial charge >= 0.3 is 0 Å². The Labute approximate surface area is 142 Å². The van der Waals surface area contributed by atoms with E-state index in [0.29, 0.717) is 22.1 Å². The van der Waals surface area contributed by atoms with Crippen molar-refractivity contribution in [3.8, 4) is 5.69 Å². The van der Waals surface area contributed by atoms with Gasteiger partial charge in [-0.15, -0.1) is 0 Å². The van der Waals surface area contributed by atoms with Crippen molar-refractivity contribution in [1.29, 1.82) is 0 Å². The average Bonchev–Trinajstić information content (AvgIpc) is 3.18. The van der Waals surface area contributed by atoms with Gasteiger partial charge in [-0.05, 0) is 36.4 Å². The van der Waals surface area contributed by atoms with Crippen LogP contribution in [-0.4, -0.2) is 40.6 Å². The Balaban J connectivity index is 2.04. The first-order chi connectivity index (χ1) is 11.9. The molecular formula is C16H13N5O3S. The summed E-state index contributed by atoms with van der Waals surface area (Å²) in [6.07, 6.45) is 2.76. The number of rotatable bonds is 3. The fourth-order valence-electron chi connectivity index (χ4n) is 2.86. The van der Waals surface area contributed by atoms with Crippen LogP contribution < -0.4 is 5.73 Å². The summed E-state index contributed by atoms with van der Waals surface area (Å²) >= 11 is 0. The van der Waals surface area contributed by atoms with Crippen LogP contribution in [0.15, 0.2) is 47.5 Å². The van der Waals surface area contributed by atoms with Gasteiger partial charge in [0, 0.05) is 17.0 Å². The Hall–Kier alpha value is -3.20. The van der Waals surface area contributed by atoms with Crippen LogP contribution in [0.3, 0.4) is 0 Å². The van der Waals surface area contributed by atoms with Gasteiger partial charge in [0.1, 0.15) is 5.69 Å². The number of primary amides is 1. The van der Waals surface area contributed by atoms with Gasteiger partial charge in [0.15, 0.2) is 9.84 Å². The van der Waals surface area contributed by atoms with Crippen LogP contribution >= 0.6 is 0 Å². The molecule has 8 nitrogen and oxygen atoms in total. The van der Waals surface area contributed by atoms with Gasteiger partial charge < -0.3 is 5.73 Å². The minimum absolute atomic E-state index is 0.213. The summed E-state index contributed by atoms with van der Waals surface area (Å²) in [6.45, 7) is 0. The molecule has 0 aliphatic heterocycles. The summed E-state index contributed by atoms with van der Waals surface area (Å²) in [7, 11) is -3.29. The van der Waals surface area contributed by atoms with E-state index in [-0.39, 0.29) is 10.6 Å². The summed E-state index contributed by atoms with van der Waals surface area (Å²) in [6, 6.07) is 9.84. The lowest BCUT2D eigenvalue weighted by Gasteiger charge is -2.06. The van der Waals surface area contributed by atoms with Crippen LogP contribution in [-0.2, 0) is 9.84 Å². The van der Waals surface area contributed by atoms with Gasteiger partial charge in [-0.2, -0.15) is 10.2 Å². The minimum atomic E-state index is -3.29. The first kappa shape index (κ1) is 15.3.